The lowest BCUT2D eigenvalue weighted by molar-refractivity contribution is 0.0986. The molecule has 1 amide bonds. The van der Waals surface area contributed by atoms with E-state index in [2.05, 4.69) is 4.90 Å². The average Bonchev–Trinajstić information content (AvgIpc) is 3.18. The van der Waals surface area contributed by atoms with Crippen molar-refractivity contribution in [3.05, 3.63) is 47.5 Å². The standard InChI is InChI=1S/C23H29N3O3S.ClH/c1-6-29-18-11-9-17(10-12-18)22(27)26(15-7-14-25(3)4)23-24-20-19(28-5)13-8-16(2)21(20)30-23;/h8-13H,6-7,14-15H2,1-5H3;1H. The summed E-state index contributed by atoms with van der Waals surface area (Å²) in [6, 6.07) is 11.2. The van der Waals surface area contributed by atoms with E-state index in [0.717, 1.165) is 40.2 Å². The van der Waals surface area contributed by atoms with Crippen LogP contribution in [0.25, 0.3) is 10.2 Å². The maximum absolute atomic E-state index is 13.4. The molecule has 3 rings (SSSR count). The number of halogens is 1. The SMILES string of the molecule is CCOc1ccc(C(=O)N(CCCN(C)C)c2nc3c(OC)ccc(C)c3s2)cc1.Cl. The van der Waals surface area contributed by atoms with Crippen LogP contribution in [0.2, 0.25) is 0 Å². The van der Waals surface area contributed by atoms with E-state index in [9.17, 15) is 4.79 Å². The minimum Gasteiger partial charge on any atom is -0.494 e. The highest BCUT2D eigenvalue weighted by molar-refractivity contribution is 7.22. The lowest BCUT2D eigenvalue weighted by Crippen LogP contribution is -2.33. The predicted octanol–water partition coefficient (Wildman–Crippen LogP) is 5.03. The maximum Gasteiger partial charge on any atom is 0.260 e. The summed E-state index contributed by atoms with van der Waals surface area (Å²) < 4.78 is 12.0. The summed E-state index contributed by atoms with van der Waals surface area (Å²) in [4.78, 5) is 22.1. The number of amides is 1. The van der Waals surface area contributed by atoms with E-state index in [1.807, 2.05) is 64.3 Å². The molecule has 0 unspecified atom stereocenters. The van der Waals surface area contributed by atoms with Crippen LogP contribution in [0.1, 0.15) is 29.3 Å². The molecule has 0 aliphatic carbocycles. The highest BCUT2D eigenvalue weighted by Crippen LogP contribution is 2.37. The molecule has 0 saturated carbocycles. The topological polar surface area (TPSA) is 54.9 Å². The molecule has 0 bridgehead atoms. The summed E-state index contributed by atoms with van der Waals surface area (Å²) in [6.07, 6.45) is 0.849. The first-order valence-corrected chi connectivity index (χ1v) is 10.9. The molecule has 0 aliphatic heterocycles. The Morgan fingerprint density at radius 2 is 1.81 bits per heavy atom. The van der Waals surface area contributed by atoms with E-state index in [0.29, 0.717) is 23.8 Å². The largest absolute Gasteiger partial charge is 0.494 e. The Kier molecular flexibility index (Phi) is 9.10. The molecule has 31 heavy (non-hydrogen) atoms. The van der Waals surface area contributed by atoms with Crippen molar-refractivity contribution >= 4 is 45.0 Å². The van der Waals surface area contributed by atoms with Crippen molar-refractivity contribution < 1.29 is 14.3 Å². The minimum atomic E-state index is -0.0625. The lowest BCUT2D eigenvalue weighted by atomic mass is 10.2. The number of fused-ring (bicyclic) bond motifs is 1. The van der Waals surface area contributed by atoms with Crippen molar-refractivity contribution in [1.29, 1.82) is 0 Å². The van der Waals surface area contributed by atoms with Gasteiger partial charge >= 0.3 is 0 Å². The summed E-state index contributed by atoms with van der Waals surface area (Å²) in [6.45, 7) is 6.06. The van der Waals surface area contributed by atoms with Crippen molar-refractivity contribution in [3.63, 3.8) is 0 Å². The van der Waals surface area contributed by atoms with Crippen LogP contribution in [0.3, 0.4) is 0 Å². The fraction of sp³-hybridized carbons (Fsp3) is 0.391. The second kappa shape index (κ2) is 11.3. The van der Waals surface area contributed by atoms with E-state index in [1.54, 1.807) is 12.0 Å². The predicted molar refractivity (Wildman–Crippen MR) is 131 cm³/mol. The molecule has 0 fully saturated rings. The van der Waals surface area contributed by atoms with E-state index >= 15 is 0 Å². The van der Waals surface area contributed by atoms with Gasteiger partial charge in [0, 0.05) is 12.1 Å². The quantitative estimate of drug-likeness (QED) is 0.445. The highest BCUT2D eigenvalue weighted by Gasteiger charge is 2.23. The second-order valence-corrected chi connectivity index (χ2v) is 8.31. The Labute approximate surface area is 194 Å². The molecular weight excluding hydrogens is 434 g/mol. The Bertz CT molecular complexity index is 1010. The number of thiazole rings is 1. The Morgan fingerprint density at radius 3 is 2.42 bits per heavy atom. The number of carbonyl (C=O) groups excluding carboxylic acids is 1. The van der Waals surface area contributed by atoms with Gasteiger partial charge in [-0.1, -0.05) is 17.4 Å². The van der Waals surface area contributed by atoms with Crippen molar-refractivity contribution in [2.75, 3.05) is 45.8 Å². The van der Waals surface area contributed by atoms with E-state index < -0.39 is 0 Å². The summed E-state index contributed by atoms with van der Waals surface area (Å²) >= 11 is 1.53. The first-order chi connectivity index (χ1) is 14.4. The van der Waals surface area contributed by atoms with Gasteiger partial charge in [-0.3, -0.25) is 9.69 Å². The van der Waals surface area contributed by atoms with E-state index in [1.165, 1.54) is 11.3 Å². The van der Waals surface area contributed by atoms with Crippen LogP contribution in [0, 0.1) is 6.92 Å². The number of benzene rings is 2. The molecule has 6 nitrogen and oxygen atoms in total. The second-order valence-electron chi connectivity index (χ2n) is 7.33. The van der Waals surface area contributed by atoms with Gasteiger partial charge in [0.05, 0.1) is 18.4 Å². The molecule has 2 aromatic carbocycles. The summed E-state index contributed by atoms with van der Waals surface area (Å²) in [7, 11) is 5.71. The molecule has 8 heteroatoms. The third-order valence-corrected chi connectivity index (χ3v) is 6.00. The van der Waals surface area contributed by atoms with Gasteiger partial charge in [-0.05, 0) is 76.8 Å². The van der Waals surface area contributed by atoms with Crippen LogP contribution in [-0.2, 0) is 0 Å². The van der Waals surface area contributed by atoms with Crippen LogP contribution >= 0.6 is 23.7 Å². The number of anilines is 1. The Hall–Kier alpha value is -2.35. The zero-order chi connectivity index (χ0) is 21.7. The molecule has 0 aliphatic rings. The molecule has 168 valence electrons. The Morgan fingerprint density at radius 1 is 1.10 bits per heavy atom. The molecule has 3 aromatic rings. The zero-order valence-electron chi connectivity index (χ0n) is 18.7. The van der Waals surface area contributed by atoms with Crippen molar-refractivity contribution in [3.8, 4) is 11.5 Å². The van der Waals surface area contributed by atoms with Crippen LogP contribution in [0.15, 0.2) is 36.4 Å². The number of methoxy groups -OCH3 is 1. The van der Waals surface area contributed by atoms with Gasteiger partial charge in [-0.15, -0.1) is 12.4 Å². The maximum atomic E-state index is 13.4. The normalized spacial score (nSPS) is 10.8. The first kappa shape index (κ1) is 24.9. The van der Waals surface area contributed by atoms with Gasteiger partial charge in [-0.25, -0.2) is 4.98 Å². The molecule has 1 heterocycles. The van der Waals surface area contributed by atoms with E-state index in [4.69, 9.17) is 14.5 Å². The number of aromatic nitrogens is 1. The molecule has 0 saturated heterocycles. The minimum absolute atomic E-state index is 0. The Balaban J connectivity index is 0.00000341. The third-order valence-electron chi connectivity index (χ3n) is 4.79. The van der Waals surface area contributed by atoms with Crippen molar-refractivity contribution in [2.45, 2.75) is 20.3 Å². The number of rotatable bonds is 9. The monoisotopic (exact) mass is 463 g/mol. The fourth-order valence-corrected chi connectivity index (χ4v) is 4.30. The van der Waals surface area contributed by atoms with Crippen LogP contribution in [0.4, 0.5) is 5.13 Å². The molecule has 0 N–H and O–H groups in total. The number of nitrogens with zero attached hydrogens (tertiary/aromatic N) is 3. The zero-order valence-corrected chi connectivity index (χ0v) is 20.3. The smallest absolute Gasteiger partial charge is 0.260 e. The molecular formula is C23H30ClN3O3S. The van der Waals surface area contributed by atoms with Gasteiger partial charge in [0.2, 0.25) is 0 Å². The molecule has 0 radical (unpaired) electrons. The van der Waals surface area contributed by atoms with Crippen LogP contribution in [0.5, 0.6) is 11.5 Å². The third kappa shape index (κ3) is 5.87. The van der Waals surface area contributed by atoms with Crippen molar-refractivity contribution in [2.24, 2.45) is 0 Å². The summed E-state index contributed by atoms with van der Waals surface area (Å²) in [5.74, 6) is 1.42. The summed E-state index contributed by atoms with van der Waals surface area (Å²) in [5, 5.41) is 0.690. The number of hydrogen-bond acceptors (Lipinski definition) is 6. The van der Waals surface area contributed by atoms with Crippen molar-refractivity contribution in [1.82, 2.24) is 9.88 Å². The van der Waals surface area contributed by atoms with Gasteiger partial charge < -0.3 is 14.4 Å². The number of aryl methyl sites for hydroxylation is 1. The molecule has 1 aromatic heterocycles. The number of carbonyl (C=O) groups is 1. The van der Waals surface area contributed by atoms with Gasteiger partial charge in [0.1, 0.15) is 17.0 Å². The molecule has 0 atom stereocenters. The van der Waals surface area contributed by atoms with Crippen LogP contribution < -0.4 is 14.4 Å². The van der Waals surface area contributed by atoms with Gasteiger partial charge in [0.25, 0.3) is 5.91 Å². The average molecular weight is 464 g/mol. The van der Waals surface area contributed by atoms with Gasteiger partial charge in [-0.2, -0.15) is 0 Å². The number of hydrogen-bond donors (Lipinski definition) is 0. The summed E-state index contributed by atoms with van der Waals surface area (Å²) in [5.41, 5.74) is 2.54. The molecule has 0 spiro atoms. The highest BCUT2D eigenvalue weighted by atomic mass is 35.5. The number of ether oxygens (including phenoxy) is 2. The lowest BCUT2D eigenvalue weighted by Gasteiger charge is -2.21. The van der Waals surface area contributed by atoms with E-state index in [-0.39, 0.29) is 18.3 Å². The first-order valence-electron chi connectivity index (χ1n) is 10.1. The van der Waals surface area contributed by atoms with Gasteiger partial charge in [0.15, 0.2) is 5.13 Å². The fourth-order valence-electron chi connectivity index (χ4n) is 3.22. The van der Waals surface area contributed by atoms with Crippen LogP contribution in [-0.4, -0.2) is 56.7 Å².